The Morgan fingerprint density at radius 2 is 2.19 bits per heavy atom. The molecule has 6 nitrogen and oxygen atoms in total. The topological polar surface area (TPSA) is 73.8 Å². The number of aryl methyl sites for hydroxylation is 1. The first-order valence-corrected chi connectivity index (χ1v) is 11.1. The van der Waals surface area contributed by atoms with Crippen LogP contribution >= 0.6 is 34.4 Å². The zero-order valence-electron chi connectivity index (χ0n) is 14.5. The number of hydrogen-bond donors (Lipinski definition) is 0. The molecule has 0 amide bonds. The van der Waals surface area contributed by atoms with Crippen LogP contribution in [0.3, 0.4) is 0 Å². The lowest BCUT2D eigenvalue weighted by molar-refractivity contribution is 0.469. The highest BCUT2D eigenvalue weighted by Crippen LogP contribution is 2.34. The third-order valence-corrected chi connectivity index (χ3v) is 6.63. The first kappa shape index (κ1) is 18.1. The van der Waals surface area contributed by atoms with Gasteiger partial charge in [0.2, 0.25) is 11.8 Å². The molecule has 0 spiro atoms. The molecular weight excluding hydrogens is 400 g/mol. The van der Waals surface area contributed by atoms with Gasteiger partial charge in [-0.3, -0.25) is 9.36 Å². The van der Waals surface area contributed by atoms with Crippen LogP contribution in [0, 0.1) is 0 Å². The lowest BCUT2D eigenvalue weighted by Crippen LogP contribution is -2.22. The van der Waals surface area contributed by atoms with Gasteiger partial charge in [-0.05, 0) is 11.4 Å². The highest BCUT2D eigenvalue weighted by atomic mass is 32.2. The molecule has 0 radical (unpaired) electrons. The number of thioether (sulfide) groups is 1. The summed E-state index contributed by atoms with van der Waals surface area (Å²) in [6.07, 6.45) is 2.40. The average molecular weight is 417 g/mol. The van der Waals surface area contributed by atoms with E-state index in [0.717, 1.165) is 15.3 Å². The molecule has 0 aromatic carbocycles. The number of rotatable bonds is 7. The van der Waals surface area contributed by atoms with Gasteiger partial charge in [-0.25, -0.2) is 4.98 Å². The molecular formula is C18H16N4O2S3. The normalized spacial score (nSPS) is 11.3. The second-order valence-corrected chi connectivity index (χ2v) is 8.39. The molecule has 138 valence electrons. The number of fused-ring (bicyclic) bond motifs is 1. The molecule has 9 heteroatoms. The van der Waals surface area contributed by atoms with Crippen LogP contribution in [0.25, 0.3) is 20.7 Å². The van der Waals surface area contributed by atoms with Crippen LogP contribution in [0.15, 0.2) is 49.9 Å². The third-order valence-electron chi connectivity index (χ3n) is 3.89. The fourth-order valence-electron chi connectivity index (χ4n) is 2.64. The predicted octanol–water partition coefficient (Wildman–Crippen LogP) is 4.61. The first-order chi connectivity index (χ1) is 13.2. The van der Waals surface area contributed by atoms with Crippen molar-refractivity contribution in [2.45, 2.75) is 30.8 Å². The number of allylic oxidation sites excluding steroid dienone is 1. The van der Waals surface area contributed by atoms with Crippen LogP contribution < -0.4 is 5.56 Å². The molecule has 0 saturated heterocycles. The highest BCUT2D eigenvalue weighted by molar-refractivity contribution is 7.98. The number of hydrogen-bond acceptors (Lipinski definition) is 8. The van der Waals surface area contributed by atoms with Gasteiger partial charge in [0.15, 0.2) is 5.16 Å². The summed E-state index contributed by atoms with van der Waals surface area (Å²) in [5.41, 5.74) is 0.896. The highest BCUT2D eigenvalue weighted by Gasteiger charge is 2.18. The van der Waals surface area contributed by atoms with E-state index in [0.29, 0.717) is 41.0 Å². The van der Waals surface area contributed by atoms with Crippen molar-refractivity contribution >= 4 is 44.7 Å². The van der Waals surface area contributed by atoms with E-state index >= 15 is 0 Å². The Kier molecular flexibility index (Phi) is 5.24. The Bertz CT molecular complexity index is 1140. The zero-order valence-corrected chi connectivity index (χ0v) is 17.0. The van der Waals surface area contributed by atoms with Crippen molar-refractivity contribution in [1.29, 1.82) is 0 Å². The van der Waals surface area contributed by atoms with E-state index in [1.54, 1.807) is 22.0 Å². The van der Waals surface area contributed by atoms with Gasteiger partial charge in [-0.2, -0.15) is 0 Å². The monoisotopic (exact) mass is 416 g/mol. The van der Waals surface area contributed by atoms with Crippen molar-refractivity contribution in [2.75, 3.05) is 0 Å². The average Bonchev–Trinajstić information content (AvgIpc) is 3.42. The molecule has 0 bridgehead atoms. The molecule has 0 fully saturated rings. The molecule has 0 unspecified atom stereocenters. The van der Waals surface area contributed by atoms with Crippen LogP contribution in [-0.4, -0.2) is 19.7 Å². The second kappa shape index (κ2) is 7.79. The Balaban J connectivity index is 1.75. The molecule has 0 N–H and O–H groups in total. The Morgan fingerprint density at radius 1 is 1.33 bits per heavy atom. The maximum atomic E-state index is 13.2. The predicted molar refractivity (Wildman–Crippen MR) is 111 cm³/mol. The fourth-order valence-corrected chi connectivity index (χ4v) is 5.28. The van der Waals surface area contributed by atoms with Crippen molar-refractivity contribution in [1.82, 2.24) is 19.7 Å². The first-order valence-electron chi connectivity index (χ1n) is 8.32. The summed E-state index contributed by atoms with van der Waals surface area (Å²) >= 11 is 4.52. The van der Waals surface area contributed by atoms with Crippen molar-refractivity contribution < 1.29 is 4.42 Å². The van der Waals surface area contributed by atoms with Gasteiger partial charge in [0.1, 0.15) is 4.83 Å². The van der Waals surface area contributed by atoms with E-state index in [1.807, 2.05) is 29.8 Å². The van der Waals surface area contributed by atoms with Crippen molar-refractivity contribution in [3.05, 3.63) is 57.7 Å². The summed E-state index contributed by atoms with van der Waals surface area (Å²) in [7, 11) is 0. The van der Waals surface area contributed by atoms with Crippen LogP contribution in [-0.2, 0) is 18.7 Å². The Morgan fingerprint density at radius 3 is 2.89 bits per heavy atom. The summed E-state index contributed by atoms with van der Waals surface area (Å²) in [6, 6.07) is 4.01. The van der Waals surface area contributed by atoms with Crippen molar-refractivity contribution in [2.24, 2.45) is 0 Å². The molecule has 0 aliphatic rings. The Hall–Kier alpha value is -2.23. The van der Waals surface area contributed by atoms with Gasteiger partial charge in [-0.15, -0.1) is 39.4 Å². The summed E-state index contributed by atoms with van der Waals surface area (Å²) in [4.78, 5) is 19.8. The molecule has 4 aromatic rings. The molecule has 0 aliphatic carbocycles. The van der Waals surface area contributed by atoms with Crippen LogP contribution in [0.2, 0.25) is 0 Å². The third kappa shape index (κ3) is 3.50. The smallest absolute Gasteiger partial charge is 0.263 e. The lowest BCUT2D eigenvalue weighted by Gasteiger charge is -2.09. The molecule has 4 heterocycles. The van der Waals surface area contributed by atoms with E-state index < -0.39 is 0 Å². The lowest BCUT2D eigenvalue weighted by atomic mass is 10.2. The molecule has 4 aromatic heterocycles. The van der Waals surface area contributed by atoms with Gasteiger partial charge in [0.05, 0.1) is 11.1 Å². The van der Waals surface area contributed by atoms with Gasteiger partial charge in [-0.1, -0.05) is 30.8 Å². The maximum absolute atomic E-state index is 13.2. The molecule has 0 aliphatic heterocycles. The summed E-state index contributed by atoms with van der Waals surface area (Å²) in [5.74, 6) is 1.60. The minimum absolute atomic E-state index is 0.0492. The largest absolute Gasteiger partial charge is 0.424 e. The molecule has 4 rings (SSSR count). The second-order valence-electron chi connectivity index (χ2n) is 5.64. The SMILES string of the molecule is C=CCn1c(SCc2nnc(CC)o2)nc2scc(-c3cccs3)c2c1=O. The number of thiophene rings is 2. The maximum Gasteiger partial charge on any atom is 0.263 e. The number of aromatic nitrogens is 4. The van der Waals surface area contributed by atoms with E-state index in [4.69, 9.17) is 9.40 Å². The van der Waals surface area contributed by atoms with E-state index in [-0.39, 0.29) is 5.56 Å². The standard InChI is InChI=1S/C18H16N4O2S3/c1-3-7-22-17(23)15-11(12-6-5-8-25-12)9-26-16(15)19-18(22)27-10-14-21-20-13(4-2)24-14/h3,5-6,8-9H,1,4,7,10H2,2H3. The molecule has 27 heavy (non-hydrogen) atoms. The van der Waals surface area contributed by atoms with Crippen LogP contribution in [0.4, 0.5) is 0 Å². The zero-order chi connectivity index (χ0) is 18.8. The van der Waals surface area contributed by atoms with Crippen LogP contribution in [0.1, 0.15) is 18.7 Å². The van der Waals surface area contributed by atoms with E-state index in [9.17, 15) is 4.79 Å². The van der Waals surface area contributed by atoms with Gasteiger partial charge < -0.3 is 4.42 Å². The van der Waals surface area contributed by atoms with Crippen molar-refractivity contribution in [3.8, 4) is 10.4 Å². The minimum atomic E-state index is -0.0492. The van der Waals surface area contributed by atoms with E-state index in [2.05, 4.69) is 16.8 Å². The Labute approximate surface area is 167 Å². The number of nitrogens with zero attached hydrogens (tertiary/aromatic N) is 4. The molecule has 0 atom stereocenters. The molecule has 0 saturated carbocycles. The summed E-state index contributed by atoms with van der Waals surface area (Å²) in [5, 5.41) is 13.3. The van der Waals surface area contributed by atoms with Gasteiger partial charge in [0, 0.05) is 28.8 Å². The van der Waals surface area contributed by atoms with Gasteiger partial charge in [0.25, 0.3) is 5.56 Å². The summed E-state index contributed by atoms with van der Waals surface area (Å²) in [6.45, 7) is 6.14. The van der Waals surface area contributed by atoms with Gasteiger partial charge >= 0.3 is 0 Å². The summed E-state index contributed by atoms with van der Waals surface area (Å²) < 4.78 is 7.20. The minimum Gasteiger partial charge on any atom is -0.424 e. The van der Waals surface area contributed by atoms with Crippen molar-refractivity contribution in [3.63, 3.8) is 0 Å². The quantitative estimate of drug-likeness (QED) is 0.249. The fraction of sp³-hybridized carbons (Fsp3) is 0.222. The van der Waals surface area contributed by atoms with Crippen LogP contribution in [0.5, 0.6) is 0 Å². The van der Waals surface area contributed by atoms with E-state index in [1.165, 1.54) is 23.1 Å².